The molecule has 0 saturated heterocycles. The maximum atomic E-state index is 13.0. The number of hydrogen-bond acceptors (Lipinski definition) is 2. The number of alkyl halides is 3. The number of halogens is 4. The molecule has 19 heavy (non-hydrogen) atoms. The third-order valence-electron chi connectivity index (χ3n) is 3.69. The summed E-state index contributed by atoms with van der Waals surface area (Å²) in [4.78, 5) is 1.06. The molecule has 6 heteroatoms. The number of nitrogens with one attached hydrogen (secondary N) is 1. The summed E-state index contributed by atoms with van der Waals surface area (Å²) in [5.41, 5.74) is 0. The van der Waals surface area contributed by atoms with E-state index in [2.05, 4.69) is 21.2 Å². The van der Waals surface area contributed by atoms with Crippen LogP contribution in [0.25, 0.3) is 0 Å². The van der Waals surface area contributed by atoms with Crippen LogP contribution >= 0.6 is 27.3 Å². The summed E-state index contributed by atoms with van der Waals surface area (Å²) in [6, 6.07) is 1.42. The zero-order valence-corrected chi connectivity index (χ0v) is 13.0. The van der Waals surface area contributed by atoms with Crippen molar-refractivity contribution in [2.24, 2.45) is 5.92 Å². The minimum absolute atomic E-state index is 0.0534. The SMILES string of the molecule is CC(NC1CCCCC1C(F)(F)F)c1sccc1Br. The van der Waals surface area contributed by atoms with E-state index in [0.717, 1.165) is 15.8 Å². The van der Waals surface area contributed by atoms with Crippen molar-refractivity contribution in [2.75, 3.05) is 0 Å². The Morgan fingerprint density at radius 2 is 2.05 bits per heavy atom. The number of thiophene rings is 1. The molecule has 2 rings (SSSR count). The van der Waals surface area contributed by atoms with E-state index in [4.69, 9.17) is 0 Å². The second-order valence-corrected chi connectivity index (χ2v) is 6.86. The second kappa shape index (κ2) is 6.14. The van der Waals surface area contributed by atoms with Crippen LogP contribution in [0.15, 0.2) is 15.9 Å². The summed E-state index contributed by atoms with van der Waals surface area (Å²) in [6.45, 7) is 1.93. The van der Waals surface area contributed by atoms with Crippen LogP contribution < -0.4 is 5.32 Å². The highest BCUT2D eigenvalue weighted by molar-refractivity contribution is 9.10. The molecule has 0 spiro atoms. The third-order valence-corrected chi connectivity index (χ3v) is 5.74. The first-order valence-electron chi connectivity index (χ1n) is 6.45. The van der Waals surface area contributed by atoms with E-state index in [0.29, 0.717) is 12.8 Å². The minimum atomic E-state index is -4.09. The fourth-order valence-corrected chi connectivity index (χ4v) is 4.47. The van der Waals surface area contributed by atoms with E-state index in [9.17, 15) is 13.2 Å². The molecule has 0 amide bonds. The first-order valence-corrected chi connectivity index (χ1v) is 8.12. The van der Waals surface area contributed by atoms with Gasteiger partial charge in [-0.1, -0.05) is 12.8 Å². The van der Waals surface area contributed by atoms with Crippen LogP contribution in [0.2, 0.25) is 0 Å². The molecule has 1 heterocycles. The van der Waals surface area contributed by atoms with Crippen molar-refractivity contribution in [1.29, 1.82) is 0 Å². The Balaban J connectivity index is 2.06. The van der Waals surface area contributed by atoms with Gasteiger partial charge in [0.2, 0.25) is 0 Å². The van der Waals surface area contributed by atoms with Gasteiger partial charge in [0.1, 0.15) is 0 Å². The molecule has 1 aliphatic carbocycles. The number of hydrogen-bond donors (Lipinski definition) is 1. The topological polar surface area (TPSA) is 12.0 Å². The molecule has 0 aliphatic heterocycles. The van der Waals surface area contributed by atoms with Gasteiger partial charge in [0.05, 0.1) is 5.92 Å². The van der Waals surface area contributed by atoms with Gasteiger partial charge in [0, 0.05) is 21.4 Å². The Morgan fingerprint density at radius 1 is 1.37 bits per heavy atom. The molecule has 1 aliphatic rings. The Morgan fingerprint density at radius 3 is 2.63 bits per heavy atom. The third kappa shape index (κ3) is 3.73. The molecule has 1 saturated carbocycles. The lowest BCUT2D eigenvalue weighted by Gasteiger charge is -2.35. The Bertz CT molecular complexity index is 418. The van der Waals surface area contributed by atoms with Gasteiger partial charge >= 0.3 is 6.18 Å². The normalized spacial score (nSPS) is 26.4. The van der Waals surface area contributed by atoms with Crippen LogP contribution in [0, 0.1) is 5.92 Å². The fourth-order valence-electron chi connectivity index (χ4n) is 2.73. The highest BCUT2D eigenvalue weighted by Crippen LogP contribution is 2.39. The molecule has 0 aromatic carbocycles. The molecule has 3 unspecified atom stereocenters. The molecule has 1 aromatic heterocycles. The smallest absolute Gasteiger partial charge is 0.306 e. The first-order chi connectivity index (χ1) is 8.89. The molecule has 0 radical (unpaired) electrons. The molecular weight excluding hydrogens is 339 g/mol. The molecule has 1 fully saturated rings. The fraction of sp³-hybridized carbons (Fsp3) is 0.692. The molecule has 108 valence electrons. The first kappa shape index (κ1) is 15.3. The van der Waals surface area contributed by atoms with Crippen LogP contribution in [-0.4, -0.2) is 12.2 Å². The van der Waals surface area contributed by atoms with Crippen molar-refractivity contribution in [2.45, 2.75) is 50.9 Å². The summed E-state index contributed by atoms with van der Waals surface area (Å²) in [5, 5.41) is 5.12. The van der Waals surface area contributed by atoms with Crippen molar-refractivity contribution >= 4 is 27.3 Å². The van der Waals surface area contributed by atoms with E-state index in [1.54, 1.807) is 11.3 Å². The molecule has 3 atom stereocenters. The number of rotatable bonds is 3. The summed E-state index contributed by atoms with van der Waals surface area (Å²) in [6.07, 6.45) is -1.68. The molecule has 1 N–H and O–H groups in total. The van der Waals surface area contributed by atoms with Crippen molar-refractivity contribution < 1.29 is 13.2 Å². The van der Waals surface area contributed by atoms with Gasteiger partial charge in [-0.05, 0) is 47.1 Å². The Hall–Kier alpha value is -0.0700. The average Bonchev–Trinajstić information content (AvgIpc) is 2.75. The maximum Gasteiger partial charge on any atom is 0.393 e. The predicted octanol–water partition coefficient (Wildman–Crippen LogP) is 5.28. The van der Waals surface area contributed by atoms with Gasteiger partial charge in [-0.15, -0.1) is 11.3 Å². The zero-order chi connectivity index (χ0) is 14.0. The Kier molecular flexibility index (Phi) is 4.95. The van der Waals surface area contributed by atoms with E-state index in [-0.39, 0.29) is 12.5 Å². The lowest BCUT2D eigenvalue weighted by atomic mass is 9.83. The molecule has 1 nitrogen and oxygen atoms in total. The van der Waals surface area contributed by atoms with Gasteiger partial charge in [0.25, 0.3) is 0 Å². The van der Waals surface area contributed by atoms with Crippen molar-refractivity contribution in [3.63, 3.8) is 0 Å². The highest BCUT2D eigenvalue weighted by Gasteiger charge is 2.45. The van der Waals surface area contributed by atoms with E-state index in [1.165, 1.54) is 0 Å². The van der Waals surface area contributed by atoms with Gasteiger partial charge in [-0.3, -0.25) is 0 Å². The minimum Gasteiger partial charge on any atom is -0.306 e. The second-order valence-electron chi connectivity index (χ2n) is 5.06. The van der Waals surface area contributed by atoms with E-state index >= 15 is 0 Å². The lowest BCUT2D eigenvalue weighted by Crippen LogP contribution is -2.46. The predicted molar refractivity (Wildman–Crippen MR) is 75.4 cm³/mol. The van der Waals surface area contributed by atoms with Crippen LogP contribution in [0.4, 0.5) is 13.2 Å². The van der Waals surface area contributed by atoms with Crippen LogP contribution in [0.3, 0.4) is 0 Å². The highest BCUT2D eigenvalue weighted by atomic mass is 79.9. The van der Waals surface area contributed by atoms with Crippen molar-refractivity contribution in [3.05, 3.63) is 20.8 Å². The van der Waals surface area contributed by atoms with Crippen LogP contribution in [-0.2, 0) is 0 Å². The Labute approximate surface area is 123 Å². The monoisotopic (exact) mass is 355 g/mol. The van der Waals surface area contributed by atoms with E-state index < -0.39 is 18.1 Å². The van der Waals surface area contributed by atoms with E-state index in [1.807, 2.05) is 18.4 Å². The molecular formula is C13H17BrF3NS. The summed E-state index contributed by atoms with van der Waals surface area (Å²) < 4.78 is 40.0. The summed E-state index contributed by atoms with van der Waals surface area (Å²) >= 11 is 5.00. The van der Waals surface area contributed by atoms with Gasteiger partial charge < -0.3 is 5.32 Å². The summed E-state index contributed by atoms with van der Waals surface area (Å²) in [5.74, 6) is -1.21. The van der Waals surface area contributed by atoms with Crippen LogP contribution in [0.5, 0.6) is 0 Å². The maximum absolute atomic E-state index is 13.0. The van der Waals surface area contributed by atoms with Gasteiger partial charge in [-0.2, -0.15) is 13.2 Å². The standard InChI is InChI=1S/C13H17BrF3NS/c1-8(12-10(14)6-7-19-12)18-11-5-3-2-4-9(11)13(15,16)17/h6-9,11,18H,2-5H2,1H3. The lowest BCUT2D eigenvalue weighted by molar-refractivity contribution is -0.189. The van der Waals surface area contributed by atoms with Crippen LogP contribution in [0.1, 0.15) is 43.5 Å². The molecule has 0 bridgehead atoms. The summed E-state index contributed by atoms with van der Waals surface area (Å²) in [7, 11) is 0. The zero-order valence-electron chi connectivity index (χ0n) is 10.6. The quantitative estimate of drug-likeness (QED) is 0.777. The van der Waals surface area contributed by atoms with Gasteiger partial charge in [-0.25, -0.2) is 0 Å². The van der Waals surface area contributed by atoms with Gasteiger partial charge in [0.15, 0.2) is 0 Å². The van der Waals surface area contributed by atoms with Crippen molar-refractivity contribution in [3.8, 4) is 0 Å². The largest absolute Gasteiger partial charge is 0.393 e. The van der Waals surface area contributed by atoms with Crippen molar-refractivity contribution in [1.82, 2.24) is 5.32 Å². The average molecular weight is 356 g/mol. The molecule has 1 aromatic rings.